The average molecular weight is 204 g/mol. The average Bonchev–Trinajstić information content (AvgIpc) is 2.71. The monoisotopic (exact) mass is 204 g/mol. The fourth-order valence-electron chi connectivity index (χ4n) is 1.37. The van der Waals surface area contributed by atoms with E-state index < -0.39 is 0 Å². The Morgan fingerprint density at radius 2 is 2.36 bits per heavy atom. The van der Waals surface area contributed by atoms with Crippen molar-refractivity contribution in [3.8, 4) is 10.6 Å². The summed E-state index contributed by atoms with van der Waals surface area (Å²) in [5, 5.41) is 2.05. The van der Waals surface area contributed by atoms with Gasteiger partial charge in [-0.25, -0.2) is 0 Å². The fourth-order valence-corrected chi connectivity index (χ4v) is 2.07. The van der Waals surface area contributed by atoms with Gasteiger partial charge in [-0.1, -0.05) is 13.0 Å². The topological polar surface area (TPSA) is 38.9 Å². The highest BCUT2D eigenvalue weighted by molar-refractivity contribution is 7.13. The van der Waals surface area contributed by atoms with Gasteiger partial charge >= 0.3 is 0 Å². The van der Waals surface area contributed by atoms with E-state index in [1.165, 1.54) is 10.4 Å². The van der Waals surface area contributed by atoms with E-state index in [-0.39, 0.29) is 0 Å². The van der Waals surface area contributed by atoms with E-state index in [9.17, 15) is 0 Å². The van der Waals surface area contributed by atoms with Crippen LogP contribution in [0.5, 0.6) is 0 Å². The van der Waals surface area contributed by atoms with E-state index in [4.69, 9.17) is 5.73 Å². The molecule has 0 aliphatic heterocycles. The zero-order chi connectivity index (χ0) is 9.97. The number of rotatable bonds is 2. The molecule has 0 spiro atoms. The molecule has 0 bridgehead atoms. The smallest absolute Gasteiger partial charge is 0.0806 e. The summed E-state index contributed by atoms with van der Waals surface area (Å²) in [5.41, 5.74) is 8.77. The summed E-state index contributed by atoms with van der Waals surface area (Å²) in [6.45, 7) is 2.10. The van der Waals surface area contributed by atoms with Crippen LogP contribution >= 0.6 is 11.3 Å². The molecule has 0 aliphatic rings. The Morgan fingerprint density at radius 3 is 3.00 bits per heavy atom. The zero-order valence-corrected chi connectivity index (χ0v) is 8.84. The lowest BCUT2D eigenvalue weighted by Crippen LogP contribution is -1.94. The van der Waals surface area contributed by atoms with Crippen molar-refractivity contribution in [2.75, 3.05) is 5.73 Å². The van der Waals surface area contributed by atoms with Crippen molar-refractivity contribution in [1.82, 2.24) is 4.98 Å². The minimum Gasteiger partial charge on any atom is -0.397 e. The molecular weight excluding hydrogens is 192 g/mol. The van der Waals surface area contributed by atoms with Gasteiger partial charge in [-0.3, -0.25) is 4.98 Å². The van der Waals surface area contributed by atoms with Gasteiger partial charge in [-0.2, -0.15) is 0 Å². The van der Waals surface area contributed by atoms with Gasteiger partial charge in [0.1, 0.15) is 0 Å². The summed E-state index contributed by atoms with van der Waals surface area (Å²) in [6.07, 6.45) is 2.70. The molecule has 2 heterocycles. The number of anilines is 1. The first kappa shape index (κ1) is 9.21. The number of aryl methyl sites for hydroxylation is 1. The van der Waals surface area contributed by atoms with Crippen molar-refractivity contribution in [3.05, 3.63) is 35.3 Å². The lowest BCUT2D eigenvalue weighted by molar-refractivity contribution is 1.13. The number of hydrogen-bond donors (Lipinski definition) is 1. The SMILES string of the molecule is CCc1cc(-c2cccs2)ncc1N. The molecule has 0 atom stereocenters. The molecule has 72 valence electrons. The Morgan fingerprint density at radius 1 is 1.50 bits per heavy atom. The van der Waals surface area contributed by atoms with Crippen molar-refractivity contribution in [2.45, 2.75) is 13.3 Å². The highest BCUT2D eigenvalue weighted by Gasteiger charge is 2.03. The van der Waals surface area contributed by atoms with Gasteiger partial charge in [0.05, 0.1) is 22.5 Å². The fraction of sp³-hybridized carbons (Fsp3) is 0.182. The van der Waals surface area contributed by atoms with Crippen LogP contribution in [0, 0.1) is 0 Å². The third-order valence-electron chi connectivity index (χ3n) is 2.18. The zero-order valence-electron chi connectivity index (χ0n) is 8.03. The number of hydrogen-bond acceptors (Lipinski definition) is 3. The number of nitrogens with two attached hydrogens (primary N) is 1. The van der Waals surface area contributed by atoms with Crippen LogP contribution in [-0.4, -0.2) is 4.98 Å². The lowest BCUT2D eigenvalue weighted by atomic mass is 10.1. The molecule has 0 aliphatic carbocycles. The standard InChI is InChI=1S/C11H12N2S/c1-2-8-6-10(13-7-9(8)12)11-4-3-5-14-11/h3-7H,2,12H2,1H3. The predicted molar refractivity (Wildman–Crippen MR) is 61.3 cm³/mol. The maximum Gasteiger partial charge on any atom is 0.0806 e. The van der Waals surface area contributed by atoms with Gasteiger partial charge in [-0.15, -0.1) is 11.3 Å². The molecule has 0 unspecified atom stereocenters. The molecule has 0 aromatic carbocycles. The van der Waals surface area contributed by atoms with Gasteiger partial charge in [-0.05, 0) is 29.5 Å². The van der Waals surface area contributed by atoms with Crippen molar-refractivity contribution in [2.24, 2.45) is 0 Å². The molecule has 0 fully saturated rings. The number of thiophene rings is 1. The van der Waals surface area contributed by atoms with Crippen LogP contribution in [0.3, 0.4) is 0 Å². The normalized spacial score (nSPS) is 10.4. The Kier molecular flexibility index (Phi) is 2.50. The van der Waals surface area contributed by atoms with E-state index in [2.05, 4.69) is 29.4 Å². The van der Waals surface area contributed by atoms with Crippen molar-refractivity contribution >= 4 is 17.0 Å². The summed E-state index contributed by atoms with van der Waals surface area (Å²) in [5.74, 6) is 0. The minimum absolute atomic E-state index is 0.785. The number of aromatic nitrogens is 1. The largest absolute Gasteiger partial charge is 0.397 e. The third-order valence-corrected chi connectivity index (χ3v) is 3.07. The summed E-state index contributed by atoms with van der Waals surface area (Å²) in [6, 6.07) is 6.17. The lowest BCUT2D eigenvalue weighted by Gasteiger charge is -2.03. The second-order valence-electron chi connectivity index (χ2n) is 3.10. The molecule has 0 saturated carbocycles. The van der Waals surface area contributed by atoms with Gasteiger partial charge in [0.2, 0.25) is 0 Å². The molecule has 14 heavy (non-hydrogen) atoms. The van der Waals surface area contributed by atoms with Gasteiger partial charge in [0.25, 0.3) is 0 Å². The maximum atomic E-state index is 5.79. The molecule has 3 heteroatoms. The predicted octanol–water partition coefficient (Wildman–Crippen LogP) is 2.95. The van der Waals surface area contributed by atoms with Crippen LogP contribution < -0.4 is 5.73 Å². The Balaban J connectivity index is 2.46. The molecule has 0 saturated heterocycles. The molecular formula is C11H12N2S. The van der Waals surface area contributed by atoms with E-state index in [0.717, 1.165) is 17.8 Å². The first-order chi connectivity index (χ1) is 6.81. The van der Waals surface area contributed by atoms with Crippen molar-refractivity contribution < 1.29 is 0 Å². The van der Waals surface area contributed by atoms with Crippen LogP contribution in [-0.2, 0) is 6.42 Å². The first-order valence-corrected chi connectivity index (χ1v) is 5.47. The van der Waals surface area contributed by atoms with E-state index in [1.54, 1.807) is 17.5 Å². The highest BCUT2D eigenvalue weighted by atomic mass is 32.1. The molecule has 0 amide bonds. The molecule has 0 radical (unpaired) electrons. The van der Waals surface area contributed by atoms with Gasteiger partial charge in [0, 0.05) is 0 Å². The van der Waals surface area contributed by atoms with Crippen LogP contribution in [0.1, 0.15) is 12.5 Å². The van der Waals surface area contributed by atoms with Gasteiger partial charge in [0.15, 0.2) is 0 Å². The van der Waals surface area contributed by atoms with Crippen LogP contribution in [0.15, 0.2) is 29.8 Å². The van der Waals surface area contributed by atoms with E-state index >= 15 is 0 Å². The number of nitrogens with zero attached hydrogens (tertiary/aromatic N) is 1. The minimum atomic E-state index is 0.785. The third kappa shape index (κ3) is 1.63. The Hall–Kier alpha value is -1.35. The van der Waals surface area contributed by atoms with Crippen molar-refractivity contribution in [1.29, 1.82) is 0 Å². The number of nitrogen functional groups attached to an aromatic ring is 1. The second-order valence-corrected chi connectivity index (χ2v) is 4.05. The van der Waals surface area contributed by atoms with Crippen LogP contribution in [0.4, 0.5) is 5.69 Å². The van der Waals surface area contributed by atoms with E-state index in [0.29, 0.717) is 0 Å². The highest BCUT2D eigenvalue weighted by Crippen LogP contribution is 2.25. The molecule has 2 N–H and O–H groups in total. The van der Waals surface area contributed by atoms with Crippen molar-refractivity contribution in [3.63, 3.8) is 0 Å². The summed E-state index contributed by atoms with van der Waals surface area (Å²) >= 11 is 1.70. The summed E-state index contributed by atoms with van der Waals surface area (Å²) < 4.78 is 0. The summed E-state index contributed by atoms with van der Waals surface area (Å²) in [4.78, 5) is 5.51. The van der Waals surface area contributed by atoms with Crippen LogP contribution in [0.25, 0.3) is 10.6 Å². The van der Waals surface area contributed by atoms with Gasteiger partial charge < -0.3 is 5.73 Å². The Bertz CT molecular complexity index is 421. The van der Waals surface area contributed by atoms with Crippen LogP contribution in [0.2, 0.25) is 0 Å². The maximum absolute atomic E-state index is 5.79. The Labute approximate surface area is 87.4 Å². The molecule has 2 aromatic heterocycles. The molecule has 2 rings (SSSR count). The van der Waals surface area contributed by atoms with E-state index in [1.807, 2.05) is 6.07 Å². The second kappa shape index (κ2) is 3.80. The molecule has 2 aromatic rings. The summed E-state index contributed by atoms with van der Waals surface area (Å²) in [7, 11) is 0. The molecule has 2 nitrogen and oxygen atoms in total. The first-order valence-electron chi connectivity index (χ1n) is 4.59. The number of pyridine rings is 1. The quantitative estimate of drug-likeness (QED) is 0.816.